The van der Waals surface area contributed by atoms with E-state index >= 15 is 0 Å². The van der Waals surface area contributed by atoms with Crippen LogP contribution in [0.5, 0.6) is 0 Å². The van der Waals surface area contributed by atoms with E-state index in [0.717, 1.165) is 0 Å². The first kappa shape index (κ1) is 15.7. The highest BCUT2D eigenvalue weighted by Gasteiger charge is 2.47. The van der Waals surface area contributed by atoms with Gasteiger partial charge in [0.15, 0.2) is 4.33 Å². The maximum atomic E-state index is 11.8. The molecule has 0 aromatic heterocycles. The Balaban J connectivity index is 3.26. The molecule has 0 saturated carbocycles. The summed E-state index contributed by atoms with van der Waals surface area (Å²) in [6.07, 6.45) is 0. The summed E-state index contributed by atoms with van der Waals surface area (Å²) < 4.78 is -3.60. The van der Waals surface area contributed by atoms with E-state index in [1.165, 1.54) is 13.8 Å². The van der Waals surface area contributed by atoms with Gasteiger partial charge in [0, 0.05) is 0 Å². The van der Waals surface area contributed by atoms with E-state index in [1.54, 1.807) is 24.3 Å². The van der Waals surface area contributed by atoms with Crippen molar-refractivity contribution in [1.29, 1.82) is 0 Å². The Kier molecular flexibility index (Phi) is 4.57. The van der Waals surface area contributed by atoms with Gasteiger partial charge in [0.25, 0.3) is 0 Å². The van der Waals surface area contributed by atoms with Crippen molar-refractivity contribution < 1.29 is 5.11 Å². The molecule has 0 aliphatic heterocycles. The average Bonchev–Trinajstić information content (AvgIpc) is 2.15. The van der Waals surface area contributed by atoms with Crippen LogP contribution in [-0.4, -0.2) is 3.79 Å². The molecular formula is C11H10Cl5O. The number of hydrogen-bond donors (Lipinski definition) is 0. The third-order valence-corrected chi connectivity index (χ3v) is 4.71. The molecule has 0 atom stereocenters. The minimum Gasteiger partial charge on any atom is -0.225 e. The second kappa shape index (κ2) is 4.96. The minimum absolute atomic E-state index is 0.377. The Morgan fingerprint density at radius 3 is 1.82 bits per heavy atom. The fourth-order valence-electron chi connectivity index (χ4n) is 1.25. The maximum absolute atomic E-state index is 11.8. The fourth-order valence-corrected chi connectivity index (χ4v) is 1.82. The molecule has 1 radical (unpaired) electrons. The maximum Gasteiger partial charge on any atom is 0.227 e. The van der Waals surface area contributed by atoms with Gasteiger partial charge in [0.1, 0.15) is 5.60 Å². The van der Waals surface area contributed by atoms with Gasteiger partial charge in [-0.2, -0.15) is 0 Å². The molecule has 17 heavy (non-hydrogen) atoms. The Bertz CT molecular complexity index is 403. The van der Waals surface area contributed by atoms with Crippen LogP contribution in [0.25, 0.3) is 0 Å². The van der Waals surface area contributed by atoms with Crippen molar-refractivity contribution in [2.24, 2.45) is 0 Å². The van der Waals surface area contributed by atoms with Crippen molar-refractivity contribution in [1.82, 2.24) is 0 Å². The van der Waals surface area contributed by atoms with E-state index in [-0.39, 0.29) is 0 Å². The lowest BCUT2D eigenvalue weighted by atomic mass is 9.96. The predicted molar refractivity (Wildman–Crippen MR) is 73.8 cm³/mol. The molecule has 1 aromatic rings. The Morgan fingerprint density at radius 2 is 1.41 bits per heavy atom. The van der Waals surface area contributed by atoms with Gasteiger partial charge in [0.05, 0.1) is 0 Å². The van der Waals surface area contributed by atoms with Crippen LogP contribution in [0, 0.1) is 0 Å². The normalized spacial score (nSPS) is 13.9. The molecule has 0 heterocycles. The molecular weight excluding hydrogens is 325 g/mol. The number of benzene rings is 1. The summed E-state index contributed by atoms with van der Waals surface area (Å²) in [4.78, 5) is 0. The second-order valence-electron chi connectivity index (χ2n) is 4.16. The Morgan fingerprint density at radius 1 is 0.941 bits per heavy atom. The van der Waals surface area contributed by atoms with Crippen LogP contribution in [0.3, 0.4) is 0 Å². The number of alkyl halides is 5. The lowest BCUT2D eigenvalue weighted by molar-refractivity contribution is -0.000173. The van der Waals surface area contributed by atoms with Gasteiger partial charge in [-0.05, 0) is 31.0 Å². The summed E-state index contributed by atoms with van der Waals surface area (Å²) >= 11 is 29.2. The summed E-state index contributed by atoms with van der Waals surface area (Å²) in [6.45, 7) is 3.07. The molecule has 6 heteroatoms. The molecule has 1 rings (SSSR count). The van der Waals surface area contributed by atoms with Crippen molar-refractivity contribution >= 4 is 58.0 Å². The topological polar surface area (TPSA) is 19.9 Å². The van der Waals surface area contributed by atoms with Crippen LogP contribution in [0.15, 0.2) is 24.3 Å². The zero-order valence-electron chi connectivity index (χ0n) is 9.11. The first-order valence-corrected chi connectivity index (χ1v) is 6.61. The minimum atomic E-state index is -1.89. The Hall–Kier alpha value is 0.630. The lowest BCUT2D eigenvalue weighted by Gasteiger charge is -2.28. The Labute approximate surface area is 126 Å². The average molecular weight is 335 g/mol. The number of hydrogen-bond acceptors (Lipinski definition) is 0. The molecule has 0 spiro atoms. The molecule has 0 amide bonds. The summed E-state index contributed by atoms with van der Waals surface area (Å²) in [5.41, 5.74) is -0.370. The molecule has 1 aromatic carbocycles. The number of halogens is 5. The molecule has 0 fully saturated rings. The van der Waals surface area contributed by atoms with Crippen LogP contribution in [-0.2, 0) is 15.0 Å². The van der Waals surface area contributed by atoms with E-state index < -0.39 is 13.7 Å². The van der Waals surface area contributed by atoms with Crippen molar-refractivity contribution in [3.63, 3.8) is 0 Å². The molecule has 95 valence electrons. The SMILES string of the molecule is CC(C)([O])c1cccc(C(Cl)(Cl)C(Cl)(Cl)Cl)c1. The highest BCUT2D eigenvalue weighted by Crippen LogP contribution is 2.53. The van der Waals surface area contributed by atoms with Crippen molar-refractivity contribution in [2.45, 2.75) is 27.6 Å². The van der Waals surface area contributed by atoms with E-state index in [2.05, 4.69) is 0 Å². The van der Waals surface area contributed by atoms with Gasteiger partial charge in [-0.15, -0.1) is 0 Å². The number of rotatable bonds is 2. The van der Waals surface area contributed by atoms with E-state index in [0.29, 0.717) is 11.1 Å². The molecule has 0 bridgehead atoms. The monoisotopic (exact) mass is 333 g/mol. The molecule has 0 aliphatic rings. The standard InChI is InChI=1S/C11H10Cl5O/c1-9(2,17)7-4-3-5-8(6-7)10(12,13)11(14,15)16/h3-6H,1-2H3. The van der Waals surface area contributed by atoms with Gasteiger partial charge < -0.3 is 0 Å². The summed E-state index contributed by atoms with van der Waals surface area (Å²) in [5, 5.41) is 11.8. The van der Waals surface area contributed by atoms with Crippen molar-refractivity contribution in [2.75, 3.05) is 0 Å². The van der Waals surface area contributed by atoms with E-state index in [9.17, 15) is 5.11 Å². The van der Waals surface area contributed by atoms with Crippen molar-refractivity contribution in [3.8, 4) is 0 Å². The van der Waals surface area contributed by atoms with Gasteiger partial charge in [0.2, 0.25) is 3.79 Å². The largest absolute Gasteiger partial charge is 0.227 e. The smallest absolute Gasteiger partial charge is 0.225 e. The fraction of sp³-hybridized carbons (Fsp3) is 0.455. The van der Waals surface area contributed by atoms with Gasteiger partial charge in [-0.25, -0.2) is 5.11 Å². The van der Waals surface area contributed by atoms with Crippen LogP contribution in [0.1, 0.15) is 25.0 Å². The van der Waals surface area contributed by atoms with Crippen molar-refractivity contribution in [3.05, 3.63) is 35.4 Å². The summed E-state index contributed by atoms with van der Waals surface area (Å²) in [7, 11) is 0. The van der Waals surface area contributed by atoms with Crippen LogP contribution < -0.4 is 0 Å². The molecule has 0 saturated heterocycles. The van der Waals surface area contributed by atoms with Gasteiger partial charge >= 0.3 is 0 Å². The van der Waals surface area contributed by atoms with Gasteiger partial charge in [-0.3, -0.25) is 0 Å². The van der Waals surface area contributed by atoms with Crippen LogP contribution in [0.2, 0.25) is 0 Å². The highest BCUT2D eigenvalue weighted by atomic mass is 35.6. The molecule has 0 N–H and O–H groups in total. The lowest BCUT2D eigenvalue weighted by Crippen LogP contribution is -2.29. The highest BCUT2D eigenvalue weighted by molar-refractivity contribution is 6.75. The second-order valence-corrected chi connectivity index (χ2v) is 7.77. The first-order chi connectivity index (χ1) is 7.46. The van der Waals surface area contributed by atoms with E-state index in [4.69, 9.17) is 58.0 Å². The third-order valence-electron chi connectivity index (χ3n) is 2.28. The quantitative estimate of drug-likeness (QED) is 0.649. The zero-order chi connectivity index (χ0) is 13.5. The van der Waals surface area contributed by atoms with Crippen LogP contribution in [0.4, 0.5) is 0 Å². The summed E-state index contributed by atoms with van der Waals surface area (Å²) in [5.74, 6) is 0. The molecule has 1 nitrogen and oxygen atoms in total. The predicted octanol–water partition coefficient (Wildman–Crippen LogP) is 5.35. The van der Waals surface area contributed by atoms with E-state index in [1.807, 2.05) is 0 Å². The first-order valence-electron chi connectivity index (χ1n) is 4.72. The molecule has 0 unspecified atom stereocenters. The summed E-state index contributed by atoms with van der Waals surface area (Å²) in [6, 6.07) is 6.49. The third kappa shape index (κ3) is 3.56. The molecule has 0 aliphatic carbocycles. The van der Waals surface area contributed by atoms with Gasteiger partial charge in [-0.1, -0.05) is 76.2 Å². The zero-order valence-corrected chi connectivity index (χ0v) is 12.9. The van der Waals surface area contributed by atoms with Crippen LogP contribution >= 0.6 is 58.0 Å².